The smallest absolute Gasteiger partial charge is 0.239 e. The van der Waals surface area contributed by atoms with Crippen LogP contribution in [0, 0.1) is 0 Å². The van der Waals surface area contributed by atoms with E-state index in [0.29, 0.717) is 16.3 Å². The monoisotopic (exact) mass is 448 g/mol. The second kappa shape index (κ2) is 9.73. The summed E-state index contributed by atoms with van der Waals surface area (Å²) in [7, 11) is -3.54. The number of sulfonamides is 1. The fourth-order valence-corrected chi connectivity index (χ4v) is 5.05. The van der Waals surface area contributed by atoms with Gasteiger partial charge in [-0.1, -0.05) is 61.2 Å². The first-order chi connectivity index (χ1) is 14.3. The number of nitrogens with zero attached hydrogens (tertiary/aromatic N) is 1. The predicted molar refractivity (Wildman–Crippen MR) is 118 cm³/mol. The highest BCUT2D eigenvalue weighted by Crippen LogP contribution is 2.26. The van der Waals surface area contributed by atoms with E-state index in [9.17, 15) is 18.0 Å². The Balaban J connectivity index is 1.81. The lowest BCUT2D eigenvalue weighted by atomic mass is 9.95. The molecule has 0 aliphatic heterocycles. The number of hydrogen-bond acceptors (Lipinski definition) is 4. The van der Waals surface area contributed by atoms with Crippen molar-refractivity contribution < 1.29 is 18.0 Å². The van der Waals surface area contributed by atoms with E-state index in [1.165, 1.54) is 10.4 Å². The summed E-state index contributed by atoms with van der Waals surface area (Å²) in [5.74, 6) is -0.768. The summed E-state index contributed by atoms with van der Waals surface area (Å²) in [6, 6.07) is 13.1. The molecule has 1 N–H and O–H groups in total. The van der Waals surface area contributed by atoms with Gasteiger partial charge in [-0.15, -0.1) is 0 Å². The van der Waals surface area contributed by atoms with Gasteiger partial charge in [-0.2, -0.15) is 4.31 Å². The van der Waals surface area contributed by atoms with Gasteiger partial charge in [0, 0.05) is 22.2 Å². The molecule has 1 saturated carbocycles. The van der Waals surface area contributed by atoms with Crippen molar-refractivity contribution in [1.82, 2.24) is 4.31 Å². The van der Waals surface area contributed by atoms with E-state index in [1.54, 1.807) is 36.4 Å². The van der Waals surface area contributed by atoms with Crippen molar-refractivity contribution in [2.24, 2.45) is 0 Å². The fraction of sp³-hybridized carbons (Fsp3) is 0.364. The lowest BCUT2D eigenvalue weighted by Gasteiger charge is -2.31. The highest BCUT2D eigenvalue weighted by atomic mass is 35.5. The number of carbonyl (C=O) groups excluding carboxylic acids is 2. The molecule has 0 spiro atoms. The number of ketones is 1. The predicted octanol–water partition coefficient (Wildman–Crippen LogP) is 4.10. The van der Waals surface area contributed by atoms with Crippen molar-refractivity contribution in [2.45, 2.75) is 38.1 Å². The van der Waals surface area contributed by atoms with E-state index in [-0.39, 0.29) is 23.9 Å². The third-order valence-corrected chi connectivity index (χ3v) is 6.76. The number of amides is 1. The highest BCUT2D eigenvalue weighted by Gasteiger charge is 2.30. The Morgan fingerprint density at radius 1 is 1.07 bits per heavy atom. The molecule has 0 aromatic heterocycles. The third kappa shape index (κ3) is 5.68. The zero-order valence-electron chi connectivity index (χ0n) is 16.8. The van der Waals surface area contributed by atoms with Gasteiger partial charge in [0.15, 0.2) is 5.78 Å². The van der Waals surface area contributed by atoms with Crippen molar-refractivity contribution in [2.75, 3.05) is 18.1 Å². The van der Waals surface area contributed by atoms with Gasteiger partial charge >= 0.3 is 0 Å². The van der Waals surface area contributed by atoms with Crippen LogP contribution in [0.15, 0.2) is 48.5 Å². The van der Waals surface area contributed by atoms with Crippen molar-refractivity contribution in [3.05, 3.63) is 64.7 Å². The Kier molecular flexibility index (Phi) is 7.28. The summed E-state index contributed by atoms with van der Waals surface area (Å²) in [5.41, 5.74) is 1.02. The maximum Gasteiger partial charge on any atom is 0.239 e. The van der Waals surface area contributed by atoms with Gasteiger partial charge in [-0.3, -0.25) is 9.59 Å². The Morgan fingerprint density at radius 3 is 2.37 bits per heavy atom. The zero-order chi connectivity index (χ0) is 21.7. The zero-order valence-corrected chi connectivity index (χ0v) is 18.4. The van der Waals surface area contributed by atoms with Crippen LogP contribution in [-0.4, -0.2) is 43.3 Å². The van der Waals surface area contributed by atoms with E-state index in [2.05, 4.69) is 5.32 Å². The molecule has 8 heteroatoms. The molecular formula is C22H25ClN2O4S. The lowest BCUT2D eigenvalue weighted by Crippen LogP contribution is -2.45. The first-order valence-electron chi connectivity index (χ1n) is 9.91. The van der Waals surface area contributed by atoms with Gasteiger partial charge < -0.3 is 5.32 Å². The minimum atomic E-state index is -3.54. The van der Waals surface area contributed by atoms with E-state index in [0.717, 1.165) is 38.4 Å². The normalized spacial score (nSPS) is 15.2. The minimum Gasteiger partial charge on any atom is -0.324 e. The molecule has 1 fully saturated rings. The number of nitrogens with one attached hydrogen (secondary N) is 1. The Hall–Kier alpha value is -2.22. The van der Waals surface area contributed by atoms with Crippen LogP contribution in [0.2, 0.25) is 5.02 Å². The number of rotatable bonds is 7. The average molecular weight is 449 g/mol. The molecule has 1 amide bonds. The van der Waals surface area contributed by atoms with Crippen LogP contribution in [0.4, 0.5) is 5.69 Å². The van der Waals surface area contributed by atoms with Crippen LogP contribution in [0.1, 0.15) is 48.0 Å². The standard InChI is InChI=1S/C22H25ClN2O4S/c1-30(28,29)25(18-10-6-3-7-11-18)15-21(26)24-20-13-12-17(23)14-19(20)22(27)16-8-4-2-5-9-16/h2,4-5,8-9,12-14,18H,3,6-7,10-11,15H2,1H3,(H,24,26). The topological polar surface area (TPSA) is 83.6 Å². The maximum absolute atomic E-state index is 12.9. The molecule has 0 saturated heterocycles. The molecule has 0 heterocycles. The molecule has 0 bridgehead atoms. The number of halogens is 1. The van der Waals surface area contributed by atoms with Crippen LogP contribution in [0.5, 0.6) is 0 Å². The van der Waals surface area contributed by atoms with Crippen LogP contribution in [0.25, 0.3) is 0 Å². The van der Waals surface area contributed by atoms with Crippen molar-refractivity contribution >= 4 is 39.0 Å². The number of benzene rings is 2. The second-order valence-corrected chi connectivity index (χ2v) is 9.90. The Bertz CT molecular complexity index is 1020. The molecule has 1 aliphatic carbocycles. The van der Waals surface area contributed by atoms with Gasteiger partial charge in [0.2, 0.25) is 15.9 Å². The van der Waals surface area contributed by atoms with E-state index in [1.807, 2.05) is 6.07 Å². The molecule has 1 aliphatic rings. The molecule has 0 radical (unpaired) electrons. The van der Waals surface area contributed by atoms with E-state index >= 15 is 0 Å². The third-order valence-electron chi connectivity index (χ3n) is 5.24. The molecule has 3 rings (SSSR count). The fourth-order valence-electron chi connectivity index (χ4n) is 3.78. The quantitative estimate of drug-likeness (QED) is 0.646. The van der Waals surface area contributed by atoms with Crippen molar-refractivity contribution in [1.29, 1.82) is 0 Å². The van der Waals surface area contributed by atoms with Crippen molar-refractivity contribution in [3.8, 4) is 0 Å². The summed E-state index contributed by atoms with van der Waals surface area (Å²) >= 11 is 6.08. The maximum atomic E-state index is 12.9. The SMILES string of the molecule is CS(=O)(=O)N(CC(=O)Nc1ccc(Cl)cc1C(=O)c1ccccc1)C1CCCCC1. The lowest BCUT2D eigenvalue weighted by molar-refractivity contribution is -0.116. The van der Waals surface area contributed by atoms with Gasteiger partial charge in [0.25, 0.3) is 0 Å². The van der Waals surface area contributed by atoms with E-state index < -0.39 is 15.9 Å². The summed E-state index contributed by atoms with van der Waals surface area (Å²) in [4.78, 5) is 25.7. The molecular weight excluding hydrogens is 424 g/mol. The highest BCUT2D eigenvalue weighted by molar-refractivity contribution is 7.88. The summed E-state index contributed by atoms with van der Waals surface area (Å²) in [6.45, 7) is -0.287. The molecule has 0 atom stereocenters. The molecule has 2 aromatic carbocycles. The summed E-state index contributed by atoms with van der Waals surface area (Å²) in [6.07, 6.45) is 5.60. The number of hydrogen-bond donors (Lipinski definition) is 1. The van der Waals surface area contributed by atoms with E-state index in [4.69, 9.17) is 11.6 Å². The molecule has 6 nitrogen and oxygen atoms in total. The van der Waals surface area contributed by atoms with Gasteiger partial charge in [0.05, 0.1) is 18.5 Å². The van der Waals surface area contributed by atoms with Crippen LogP contribution >= 0.6 is 11.6 Å². The number of carbonyl (C=O) groups is 2. The average Bonchev–Trinajstić information content (AvgIpc) is 2.73. The molecule has 160 valence electrons. The van der Waals surface area contributed by atoms with Crippen LogP contribution < -0.4 is 5.32 Å². The summed E-state index contributed by atoms with van der Waals surface area (Å²) < 4.78 is 25.9. The van der Waals surface area contributed by atoms with Crippen LogP contribution in [0.3, 0.4) is 0 Å². The van der Waals surface area contributed by atoms with Crippen molar-refractivity contribution in [3.63, 3.8) is 0 Å². The molecule has 2 aromatic rings. The van der Waals surface area contributed by atoms with Gasteiger partial charge in [0.1, 0.15) is 0 Å². The second-order valence-electron chi connectivity index (χ2n) is 7.53. The van der Waals surface area contributed by atoms with Gasteiger partial charge in [-0.25, -0.2) is 8.42 Å². The van der Waals surface area contributed by atoms with Gasteiger partial charge in [-0.05, 0) is 31.0 Å². The molecule has 0 unspecified atom stereocenters. The summed E-state index contributed by atoms with van der Waals surface area (Å²) in [5, 5.41) is 3.07. The molecule has 30 heavy (non-hydrogen) atoms. The first-order valence-corrected chi connectivity index (χ1v) is 12.1. The Morgan fingerprint density at radius 2 is 1.73 bits per heavy atom. The minimum absolute atomic E-state index is 0.171. The largest absolute Gasteiger partial charge is 0.324 e. The number of anilines is 1. The van der Waals surface area contributed by atoms with Crippen LogP contribution in [-0.2, 0) is 14.8 Å². The Labute approximate surface area is 182 Å². The first kappa shape index (κ1) is 22.5.